The summed E-state index contributed by atoms with van der Waals surface area (Å²) < 4.78 is 39.2. The molecule has 2 heterocycles. The fourth-order valence-corrected chi connectivity index (χ4v) is 2.84. The molecule has 5 nitrogen and oxygen atoms in total. The predicted octanol–water partition coefficient (Wildman–Crippen LogP) is 2.77. The van der Waals surface area contributed by atoms with Gasteiger partial charge in [0.05, 0.1) is 5.56 Å². The van der Waals surface area contributed by atoms with Crippen LogP contribution in [0.1, 0.15) is 32.9 Å². The minimum atomic E-state index is -4.45. The molecular formula is C16H18ClF3N4O. The van der Waals surface area contributed by atoms with Gasteiger partial charge in [0.25, 0.3) is 5.91 Å². The molecule has 25 heavy (non-hydrogen) atoms. The number of amides is 1. The Hall–Kier alpha value is -2.06. The maximum atomic E-state index is 13.1. The van der Waals surface area contributed by atoms with Gasteiger partial charge in [0, 0.05) is 44.4 Å². The van der Waals surface area contributed by atoms with E-state index in [2.05, 4.69) is 15.5 Å². The minimum Gasteiger partial charge on any atom is -0.336 e. The Labute approximate surface area is 149 Å². The van der Waals surface area contributed by atoms with Crippen molar-refractivity contribution in [3.05, 3.63) is 52.3 Å². The zero-order valence-electron chi connectivity index (χ0n) is 13.5. The van der Waals surface area contributed by atoms with Crippen LogP contribution in [-0.4, -0.2) is 34.6 Å². The molecule has 0 fully saturated rings. The number of halogens is 4. The average molecular weight is 375 g/mol. The number of nitrogens with one attached hydrogen (secondary N) is 2. The van der Waals surface area contributed by atoms with Gasteiger partial charge >= 0.3 is 6.18 Å². The van der Waals surface area contributed by atoms with Crippen LogP contribution in [0.3, 0.4) is 0 Å². The van der Waals surface area contributed by atoms with Crippen molar-refractivity contribution in [3.8, 4) is 0 Å². The zero-order valence-corrected chi connectivity index (χ0v) is 14.3. The molecule has 1 aliphatic rings. The van der Waals surface area contributed by atoms with E-state index in [9.17, 15) is 18.0 Å². The number of aromatic nitrogens is 2. The summed E-state index contributed by atoms with van der Waals surface area (Å²) in [6.45, 7) is 1.20. The molecule has 1 aromatic heterocycles. The quantitative estimate of drug-likeness (QED) is 0.868. The molecule has 0 radical (unpaired) electrons. The first kappa shape index (κ1) is 19.3. The molecule has 2 aromatic rings. The first-order chi connectivity index (χ1) is 11.4. The Morgan fingerprint density at radius 1 is 1.32 bits per heavy atom. The van der Waals surface area contributed by atoms with E-state index in [1.54, 1.807) is 0 Å². The maximum Gasteiger partial charge on any atom is 0.416 e. The normalized spacial score (nSPS) is 13.8. The molecule has 3 rings (SSSR count). The minimum absolute atomic E-state index is 0. The van der Waals surface area contributed by atoms with Gasteiger partial charge in [-0.05, 0) is 11.6 Å². The second-order valence-electron chi connectivity index (χ2n) is 5.77. The zero-order chi connectivity index (χ0) is 17.3. The predicted molar refractivity (Wildman–Crippen MR) is 88.5 cm³/mol. The van der Waals surface area contributed by atoms with Crippen molar-refractivity contribution in [2.45, 2.75) is 25.7 Å². The van der Waals surface area contributed by atoms with Crippen molar-refractivity contribution < 1.29 is 18.0 Å². The molecule has 0 unspecified atom stereocenters. The molecule has 0 atom stereocenters. The van der Waals surface area contributed by atoms with Crippen LogP contribution >= 0.6 is 12.4 Å². The summed E-state index contributed by atoms with van der Waals surface area (Å²) in [6, 6.07) is 5.27. The summed E-state index contributed by atoms with van der Waals surface area (Å²) in [6.07, 6.45) is -3.70. The Kier molecular flexibility index (Phi) is 5.74. The number of fused-ring (bicyclic) bond motifs is 1. The van der Waals surface area contributed by atoms with Crippen LogP contribution in [-0.2, 0) is 25.7 Å². The summed E-state index contributed by atoms with van der Waals surface area (Å²) in [5, 5.41) is 10.1. The number of alkyl halides is 3. The molecule has 0 saturated heterocycles. The van der Waals surface area contributed by atoms with Crippen molar-refractivity contribution in [2.24, 2.45) is 0 Å². The van der Waals surface area contributed by atoms with Gasteiger partial charge in [-0.3, -0.25) is 9.89 Å². The fourth-order valence-electron chi connectivity index (χ4n) is 2.84. The van der Waals surface area contributed by atoms with E-state index >= 15 is 0 Å². The van der Waals surface area contributed by atoms with E-state index in [4.69, 9.17) is 0 Å². The summed E-state index contributed by atoms with van der Waals surface area (Å²) in [7, 11) is 1.48. The average Bonchev–Trinajstić information content (AvgIpc) is 2.97. The lowest BCUT2D eigenvalue weighted by molar-refractivity contribution is -0.138. The summed E-state index contributed by atoms with van der Waals surface area (Å²) in [4.78, 5) is 13.8. The van der Waals surface area contributed by atoms with Crippen LogP contribution in [0.15, 0.2) is 24.3 Å². The van der Waals surface area contributed by atoms with Crippen LogP contribution in [0.25, 0.3) is 0 Å². The third kappa shape index (κ3) is 3.96. The van der Waals surface area contributed by atoms with Crippen molar-refractivity contribution in [1.29, 1.82) is 0 Å². The third-order valence-corrected chi connectivity index (χ3v) is 4.09. The number of hydrogen-bond acceptors (Lipinski definition) is 3. The topological polar surface area (TPSA) is 61.0 Å². The van der Waals surface area contributed by atoms with Crippen LogP contribution in [0, 0.1) is 0 Å². The Bertz CT molecular complexity index is 760. The number of hydrogen-bond donors (Lipinski definition) is 2. The van der Waals surface area contributed by atoms with Gasteiger partial charge in [-0.1, -0.05) is 18.2 Å². The van der Waals surface area contributed by atoms with Gasteiger partial charge in [0.1, 0.15) is 0 Å². The van der Waals surface area contributed by atoms with E-state index in [1.165, 1.54) is 30.1 Å². The highest BCUT2D eigenvalue weighted by atomic mass is 35.5. The smallest absolute Gasteiger partial charge is 0.336 e. The van der Waals surface area contributed by atoms with Crippen LogP contribution < -0.4 is 5.32 Å². The lowest BCUT2D eigenvalue weighted by atomic mass is 10.1. The lowest BCUT2D eigenvalue weighted by Crippen LogP contribution is -2.30. The molecule has 0 spiro atoms. The number of nitrogens with zero attached hydrogens (tertiary/aromatic N) is 2. The molecule has 0 bridgehead atoms. The molecular weight excluding hydrogens is 357 g/mol. The Balaban J connectivity index is 0.00000225. The number of H-pyrrole nitrogens is 1. The van der Waals surface area contributed by atoms with Crippen molar-refractivity contribution in [1.82, 2.24) is 20.4 Å². The molecule has 9 heteroatoms. The SMILES string of the molecule is CN(Cc1ccccc1C(F)(F)F)C(=O)c1n[nH]c2c1CNCC2.Cl. The van der Waals surface area contributed by atoms with Crippen molar-refractivity contribution in [3.63, 3.8) is 0 Å². The standard InChI is InChI=1S/C16H17F3N4O.ClH/c1-23(9-10-4-2-3-5-12(10)16(17,18)19)15(24)14-11-8-20-7-6-13(11)21-22-14;/h2-5,20H,6-9H2,1H3,(H,21,22);1H. The van der Waals surface area contributed by atoms with Gasteiger partial charge in [0.15, 0.2) is 5.69 Å². The second kappa shape index (κ2) is 7.45. The number of rotatable bonds is 3. The van der Waals surface area contributed by atoms with Crippen LogP contribution in [0.4, 0.5) is 13.2 Å². The van der Waals surface area contributed by atoms with E-state index in [0.717, 1.165) is 30.3 Å². The second-order valence-corrected chi connectivity index (χ2v) is 5.77. The number of carbonyl (C=O) groups is 1. The molecule has 1 aromatic carbocycles. The summed E-state index contributed by atoms with van der Waals surface area (Å²) in [5.74, 6) is -0.395. The number of carbonyl (C=O) groups excluding carboxylic acids is 1. The monoisotopic (exact) mass is 374 g/mol. The molecule has 1 amide bonds. The van der Waals surface area contributed by atoms with E-state index in [-0.39, 0.29) is 30.2 Å². The summed E-state index contributed by atoms with van der Waals surface area (Å²) in [5.41, 5.74) is 1.30. The molecule has 0 aliphatic carbocycles. The highest BCUT2D eigenvalue weighted by Gasteiger charge is 2.33. The number of aromatic amines is 1. The van der Waals surface area contributed by atoms with Gasteiger partial charge in [-0.15, -0.1) is 12.4 Å². The molecule has 0 saturated carbocycles. The maximum absolute atomic E-state index is 13.1. The van der Waals surface area contributed by atoms with Gasteiger partial charge in [-0.25, -0.2) is 0 Å². The largest absolute Gasteiger partial charge is 0.416 e. The third-order valence-electron chi connectivity index (χ3n) is 4.09. The van der Waals surface area contributed by atoms with E-state index < -0.39 is 17.6 Å². The first-order valence-electron chi connectivity index (χ1n) is 7.55. The van der Waals surface area contributed by atoms with Gasteiger partial charge in [0.2, 0.25) is 0 Å². The van der Waals surface area contributed by atoms with Crippen LogP contribution in [0.2, 0.25) is 0 Å². The Morgan fingerprint density at radius 3 is 2.76 bits per heavy atom. The van der Waals surface area contributed by atoms with Gasteiger partial charge < -0.3 is 10.2 Å². The molecule has 136 valence electrons. The lowest BCUT2D eigenvalue weighted by Gasteiger charge is -2.20. The first-order valence-corrected chi connectivity index (χ1v) is 7.55. The number of benzene rings is 1. The van der Waals surface area contributed by atoms with Crippen LogP contribution in [0.5, 0.6) is 0 Å². The fraction of sp³-hybridized carbons (Fsp3) is 0.375. The Morgan fingerprint density at radius 2 is 2.04 bits per heavy atom. The van der Waals surface area contributed by atoms with E-state index in [1.807, 2.05) is 0 Å². The molecule has 2 N–H and O–H groups in total. The van der Waals surface area contributed by atoms with Crippen molar-refractivity contribution >= 4 is 18.3 Å². The van der Waals surface area contributed by atoms with E-state index in [0.29, 0.717) is 6.54 Å². The summed E-state index contributed by atoms with van der Waals surface area (Å²) >= 11 is 0. The highest BCUT2D eigenvalue weighted by molar-refractivity contribution is 5.93. The van der Waals surface area contributed by atoms with Gasteiger partial charge in [-0.2, -0.15) is 18.3 Å². The molecule has 1 aliphatic heterocycles. The highest BCUT2D eigenvalue weighted by Crippen LogP contribution is 2.32. The van der Waals surface area contributed by atoms with Crippen molar-refractivity contribution in [2.75, 3.05) is 13.6 Å².